The summed E-state index contributed by atoms with van der Waals surface area (Å²) >= 11 is 1.22. The maximum atomic E-state index is 12.1. The minimum atomic E-state index is -0.286. The lowest BCUT2D eigenvalue weighted by atomic mass is 10.0. The van der Waals surface area contributed by atoms with Crippen LogP contribution in [0.3, 0.4) is 0 Å². The molecule has 3 aromatic rings. The number of benzene rings is 1. The van der Waals surface area contributed by atoms with Gasteiger partial charge in [-0.15, -0.1) is 0 Å². The zero-order valence-corrected chi connectivity index (χ0v) is 18.1. The van der Waals surface area contributed by atoms with Crippen LogP contribution < -0.4 is 4.74 Å². The molecule has 3 heterocycles. The Morgan fingerprint density at radius 2 is 1.93 bits per heavy atom. The summed E-state index contributed by atoms with van der Waals surface area (Å²) in [4.78, 5) is 21.1. The second kappa shape index (κ2) is 8.49. The third-order valence-corrected chi connectivity index (χ3v) is 6.06. The van der Waals surface area contributed by atoms with Crippen LogP contribution in [0.15, 0.2) is 24.3 Å². The largest absolute Gasteiger partial charge is 0.498 e. The number of hydrogen-bond acceptors (Lipinski definition) is 8. The summed E-state index contributed by atoms with van der Waals surface area (Å²) in [6, 6.07) is 7.56. The molecule has 0 bridgehead atoms. The average Bonchev–Trinajstić information content (AvgIpc) is 3.25. The fourth-order valence-electron chi connectivity index (χ4n) is 3.79. The number of piperazine rings is 1. The number of ether oxygens (including phenoxy) is 2. The second-order valence-corrected chi connectivity index (χ2v) is 8.00. The topological polar surface area (TPSA) is 92.4 Å². The number of hydrogen-bond donors (Lipinski definition) is 1. The molecule has 1 aliphatic heterocycles. The molecule has 2 aromatic heterocycles. The number of aromatic hydroxyl groups is 1. The maximum Gasteiger partial charge on any atom is 0.409 e. The molecule has 1 saturated heterocycles. The van der Waals surface area contributed by atoms with Gasteiger partial charge in [0.1, 0.15) is 17.3 Å². The van der Waals surface area contributed by atoms with Gasteiger partial charge in [0.2, 0.25) is 4.96 Å². The van der Waals surface area contributed by atoms with Crippen LogP contribution >= 0.6 is 11.3 Å². The number of amides is 1. The number of rotatable bonds is 5. The van der Waals surface area contributed by atoms with E-state index in [0.717, 1.165) is 11.3 Å². The molecule has 9 nitrogen and oxygen atoms in total. The monoisotopic (exact) mass is 431 g/mol. The van der Waals surface area contributed by atoms with Gasteiger partial charge in [-0.05, 0) is 31.5 Å². The van der Waals surface area contributed by atoms with Crippen LogP contribution in [0.25, 0.3) is 4.96 Å². The zero-order chi connectivity index (χ0) is 21.3. The van der Waals surface area contributed by atoms with E-state index in [2.05, 4.69) is 15.0 Å². The molecule has 160 valence electrons. The fourth-order valence-corrected chi connectivity index (χ4v) is 4.67. The van der Waals surface area contributed by atoms with Gasteiger partial charge in [-0.2, -0.15) is 5.10 Å². The molecule has 0 spiro atoms. The van der Waals surface area contributed by atoms with E-state index >= 15 is 0 Å². The molecule has 1 fully saturated rings. The van der Waals surface area contributed by atoms with Gasteiger partial charge in [0.05, 0.1) is 19.8 Å². The standard InChI is InChI=1S/C20H25N5O4S/c1-4-29-20(27)24-11-9-23(10-12-24)16(14-5-7-15(28-3)8-6-14)17-18(26)30-19-21-13(2)22-25(17)19/h5-8,16,26H,4,9-12H2,1-3H3. The van der Waals surface area contributed by atoms with E-state index in [4.69, 9.17) is 9.47 Å². The number of carbonyl (C=O) groups is 1. The zero-order valence-electron chi connectivity index (χ0n) is 17.2. The van der Waals surface area contributed by atoms with Crippen molar-refractivity contribution >= 4 is 22.4 Å². The van der Waals surface area contributed by atoms with Crippen LogP contribution in [-0.2, 0) is 4.74 Å². The first-order valence-corrected chi connectivity index (χ1v) is 10.7. The van der Waals surface area contributed by atoms with Crippen LogP contribution in [0.2, 0.25) is 0 Å². The molecule has 1 aromatic carbocycles. The third-order valence-electron chi connectivity index (χ3n) is 5.21. The minimum absolute atomic E-state index is 0.193. The van der Waals surface area contributed by atoms with Crippen molar-refractivity contribution in [2.75, 3.05) is 39.9 Å². The van der Waals surface area contributed by atoms with Crippen molar-refractivity contribution in [3.63, 3.8) is 0 Å². The van der Waals surface area contributed by atoms with Gasteiger partial charge in [0.25, 0.3) is 0 Å². The van der Waals surface area contributed by atoms with E-state index < -0.39 is 0 Å². The van der Waals surface area contributed by atoms with E-state index in [0.29, 0.717) is 49.3 Å². The van der Waals surface area contributed by atoms with Crippen molar-refractivity contribution in [1.29, 1.82) is 0 Å². The predicted octanol–water partition coefficient (Wildman–Crippen LogP) is 2.68. The average molecular weight is 432 g/mol. The van der Waals surface area contributed by atoms with Gasteiger partial charge in [-0.3, -0.25) is 4.90 Å². The molecular formula is C20H25N5O4S. The van der Waals surface area contributed by atoms with E-state index in [-0.39, 0.29) is 17.2 Å². The lowest BCUT2D eigenvalue weighted by molar-refractivity contribution is 0.0704. The highest BCUT2D eigenvalue weighted by Crippen LogP contribution is 2.40. The minimum Gasteiger partial charge on any atom is -0.498 e. The smallest absolute Gasteiger partial charge is 0.409 e. The summed E-state index contributed by atoms with van der Waals surface area (Å²) in [6.45, 7) is 6.38. The number of thiazole rings is 1. The Hall–Kier alpha value is -2.85. The van der Waals surface area contributed by atoms with Crippen LogP contribution in [0.1, 0.15) is 30.0 Å². The summed E-state index contributed by atoms with van der Waals surface area (Å²) in [5, 5.41) is 15.5. The van der Waals surface area contributed by atoms with Gasteiger partial charge in [-0.1, -0.05) is 23.5 Å². The summed E-state index contributed by atoms with van der Waals surface area (Å²) in [5.41, 5.74) is 1.69. The van der Waals surface area contributed by atoms with Crippen LogP contribution in [0.4, 0.5) is 4.79 Å². The molecule has 1 aliphatic rings. The first-order chi connectivity index (χ1) is 14.5. The normalized spacial score (nSPS) is 16.0. The number of nitrogens with zero attached hydrogens (tertiary/aromatic N) is 5. The van der Waals surface area contributed by atoms with E-state index in [1.165, 1.54) is 11.3 Å². The number of fused-ring (bicyclic) bond motifs is 1. The predicted molar refractivity (Wildman–Crippen MR) is 112 cm³/mol. The third kappa shape index (κ3) is 3.80. The SMILES string of the molecule is CCOC(=O)N1CCN(C(c2ccc(OC)cc2)c2c(O)sc3nc(C)nn23)CC1. The molecule has 4 rings (SSSR count). The Labute approximate surface area is 178 Å². The van der Waals surface area contributed by atoms with Crippen molar-refractivity contribution in [2.45, 2.75) is 19.9 Å². The van der Waals surface area contributed by atoms with Crippen molar-refractivity contribution in [3.8, 4) is 10.8 Å². The molecule has 30 heavy (non-hydrogen) atoms. The molecule has 0 saturated carbocycles. The van der Waals surface area contributed by atoms with Crippen LogP contribution in [0, 0.1) is 6.92 Å². The van der Waals surface area contributed by atoms with Gasteiger partial charge < -0.3 is 19.5 Å². The summed E-state index contributed by atoms with van der Waals surface area (Å²) in [7, 11) is 1.63. The highest BCUT2D eigenvalue weighted by molar-refractivity contribution is 7.18. The highest BCUT2D eigenvalue weighted by Gasteiger charge is 2.33. The molecule has 1 N–H and O–H groups in total. The summed E-state index contributed by atoms with van der Waals surface area (Å²) in [5.74, 6) is 1.42. The fraction of sp³-hybridized carbons (Fsp3) is 0.450. The van der Waals surface area contributed by atoms with Crippen LogP contribution in [-0.4, -0.2) is 75.5 Å². The number of aromatic nitrogens is 3. The molecule has 0 aliphatic carbocycles. The van der Waals surface area contributed by atoms with Gasteiger partial charge in [0, 0.05) is 26.2 Å². The second-order valence-electron chi connectivity index (χ2n) is 7.04. The van der Waals surface area contributed by atoms with Crippen molar-refractivity contribution in [3.05, 3.63) is 41.3 Å². The van der Waals surface area contributed by atoms with Gasteiger partial charge >= 0.3 is 6.09 Å². The number of carbonyl (C=O) groups excluding carboxylic acids is 1. The Morgan fingerprint density at radius 3 is 2.57 bits per heavy atom. The van der Waals surface area contributed by atoms with E-state index in [1.807, 2.05) is 31.2 Å². The Bertz CT molecular complexity index is 1020. The Balaban J connectivity index is 1.69. The summed E-state index contributed by atoms with van der Waals surface area (Å²) in [6.07, 6.45) is -0.286. The molecule has 1 atom stereocenters. The molecule has 1 amide bonds. The molecule has 0 radical (unpaired) electrons. The Kier molecular flexibility index (Phi) is 5.78. The van der Waals surface area contributed by atoms with Crippen molar-refractivity contribution < 1.29 is 19.4 Å². The van der Waals surface area contributed by atoms with Crippen molar-refractivity contribution in [1.82, 2.24) is 24.4 Å². The first-order valence-electron chi connectivity index (χ1n) is 9.86. The lowest BCUT2D eigenvalue weighted by Gasteiger charge is -2.38. The van der Waals surface area contributed by atoms with Gasteiger partial charge in [-0.25, -0.2) is 14.3 Å². The number of methoxy groups -OCH3 is 1. The van der Waals surface area contributed by atoms with Crippen molar-refractivity contribution in [2.24, 2.45) is 0 Å². The quantitative estimate of drug-likeness (QED) is 0.664. The molecular weight excluding hydrogens is 406 g/mol. The number of aryl methyl sites for hydroxylation is 1. The molecule has 10 heteroatoms. The van der Waals surface area contributed by atoms with E-state index in [1.54, 1.807) is 23.4 Å². The highest BCUT2D eigenvalue weighted by atomic mass is 32.1. The lowest BCUT2D eigenvalue weighted by Crippen LogP contribution is -2.50. The van der Waals surface area contributed by atoms with E-state index in [9.17, 15) is 9.90 Å². The maximum absolute atomic E-state index is 12.1. The van der Waals surface area contributed by atoms with Crippen LogP contribution in [0.5, 0.6) is 10.8 Å². The van der Waals surface area contributed by atoms with Gasteiger partial charge in [0.15, 0.2) is 5.06 Å². The summed E-state index contributed by atoms with van der Waals surface area (Å²) < 4.78 is 12.2. The Morgan fingerprint density at radius 1 is 1.23 bits per heavy atom. The first kappa shape index (κ1) is 20.4. The molecule has 1 unspecified atom stereocenters.